The van der Waals surface area contributed by atoms with E-state index in [1.54, 1.807) is 12.5 Å². The Kier molecular flexibility index (Phi) is 5.26. The number of rotatable bonds is 4. The van der Waals surface area contributed by atoms with Gasteiger partial charge in [0.25, 0.3) is 0 Å². The molecule has 2 fully saturated rings. The predicted octanol–water partition coefficient (Wildman–Crippen LogP) is 4.59. The van der Waals surface area contributed by atoms with Gasteiger partial charge in [0.15, 0.2) is 0 Å². The smallest absolute Gasteiger partial charge is 0.313 e. The Morgan fingerprint density at radius 1 is 1.38 bits per heavy atom. The third-order valence-electron chi connectivity index (χ3n) is 6.34. The van der Waals surface area contributed by atoms with E-state index in [9.17, 15) is 9.59 Å². The number of carbonyl (C=O) groups excluding carboxylic acids is 2. The Bertz CT molecular complexity index is 698. The number of hydrogen-bond acceptors (Lipinski definition) is 5. The molecule has 0 bridgehead atoms. The fourth-order valence-corrected chi connectivity index (χ4v) is 4.85. The molecule has 1 aliphatic heterocycles. The lowest BCUT2D eigenvalue weighted by Crippen LogP contribution is -2.45. The number of hydrogen-bond donors (Lipinski definition) is 0. The summed E-state index contributed by atoms with van der Waals surface area (Å²) in [5.74, 6) is -0.147. The van der Waals surface area contributed by atoms with Gasteiger partial charge in [-0.1, -0.05) is 18.1 Å². The highest BCUT2D eigenvalue weighted by Crippen LogP contribution is 2.59. The normalized spacial score (nSPS) is 31.2. The molecule has 4 unspecified atom stereocenters. The Labute approximate surface area is 154 Å². The lowest BCUT2D eigenvalue weighted by molar-refractivity contribution is -0.155. The van der Waals surface area contributed by atoms with Gasteiger partial charge in [0, 0.05) is 18.4 Å². The van der Waals surface area contributed by atoms with Crippen LogP contribution < -0.4 is 0 Å². The number of furan rings is 1. The van der Waals surface area contributed by atoms with E-state index >= 15 is 0 Å². The number of cyclic esters (lactones) is 1. The summed E-state index contributed by atoms with van der Waals surface area (Å²) in [6, 6.07) is 1.86. The summed E-state index contributed by atoms with van der Waals surface area (Å²) in [6.07, 6.45) is 6.48. The molecule has 1 aliphatic carbocycles. The van der Waals surface area contributed by atoms with Crippen molar-refractivity contribution in [2.75, 3.05) is 7.11 Å². The van der Waals surface area contributed by atoms with E-state index in [1.165, 1.54) is 18.3 Å². The van der Waals surface area contributed by atoms with Crippen molar-refractivity contribution in [2.45, 2.75) is 59.0 Å². The average molecular weight is 360 g/mol. The second-order valence-corrected chi connectivity index (χ2v) is 7.83. The van der Waals surface area contributed by atoms with Crippen LogP contribution in [0.15, 0.2) is 34.2 Å². The van der Waals surface area contributed by atoms with Crippen LogP contribution >= 0.6 is 0 Å². The molecule has 26 heavy (non-hydrogen) atoms. The molecule has 0 aromatic carbocycles. The molecule has 0 N–H and O–H groups in total. The van der Waals surface area contributed by atoms with Crippen LogP contribution in [0.1, 0.15) is 64.5 Å². The van der Waals surface area contributed by atoms with Gasteiger partial charge in [0.1, 0.15) is 6.10 Å². The summed E-state index contributed by atoms with van der Waals surface area (Å²) in [7, 11) is 1.40. The van der Waals surface area contributed by atoms with Gasteiger partial charge in [0.05, 0.1) is 25.1 Å². The minimum absolute atomic E-state index is 0.0137. The van der Waals surface area contributed by atoms with Crippen LogP contribution in [0, 0.1) is 17.3 Å². The molecule has 1 aromatic rings. The second-order valence-electron chi connectivity index (χ2n) is 7.83. The third-order valence-corrected chi connectivity index (χ3v) is 6.34. The maximum absolute atomic E-state index is 13.2. The first-order valence-corrected chi connectivity index (χ1v) is 9.36. The number of methoxy groups -OCH3 is 1. The van der Waals surface area contributed by atoms with Crippen LogP contribution in [0.4, 0.5) is 0 Å². The van der Waals surface area contributed by atoms with Crippen molar-refractivity contribution < 1.29 is 23.5 Å². The highest BCUT2D eigenvalue weighted by Gasteiger charge is 2.59. The first-order chi connectivity index (χ1) is 12.4. The van der Waals surface area contributed by atoms with Gasteiger partial charge in [-0.3, -0.25) is 9.59 Å². The van der Waals surface area contributed by atoms with Gasteiger partial charge in [-0.25, -0.2) is 0 Å². The Hall–Kier alpha value is -2.04. The molecular weight excluding hydrogens is 332 g/mol. The lowest BCUT2D eigenvalue weighted by atomic mass is 9.55. The monoisotopic (exact) mass is 360 g/mol. The van der Waals surface area contributed by atoms with E-state index in [-0.39, 0.29) is 29.9 Å². The molecule has 0 radical (unpaired) electrons. The zero-order valence-electron chi connectivity index (χ0n) is 16.0. The largest absolute Gasteiger partial charge is 0.472 e. The molecule has 1 saturated carbocycles. The minimum atomic E-state index is -0.583. The van der Waals surface area contributed by atoms with Crippen molar-refractivity contribution in [1.29, 1.82) is 0 Å². The molecule has 2 aliphatic rings. The molecule has 5 nitrogen and oxygen atoms in total. The van der Waals surface area contributed by atoms with Crippen LogP contribution in [0.2, 0.25) is 0 Å². The first kappa shape index (κ1) is 18.7. The maximum atomic E-state index is 13.2. The summed E-state index contributed by atoms with van der Waals surface area (Å²) in [6.45, 7) is 6.34. The zero-order chi connectivity index (χ0) is 18.9. The molecule has 1 saturated heterocycles. The van der Waals surface area contributed by atoms with Gasteiger partial charge in [0.2, 0.25) is 0 Å². The highest BCUT2D eigenvalue weighted by atomic mass is 16.6. The summed E-state index contributed by atoms with van der Waals surface area (Å²) in [5, 5.41) is 0. The van der Waals surface area contributed by atoms with E-state index in [1.807, 2.05) is 6.07 Å². The molecule has 1 aromatic heterocycles. The van der Waals surface area contributed by atoms with Crippen molar-refractivity contribution >= 4 is 11.9 Å². The van der Waals surface area contributed by atoms with Gasteiger partial charge in [-0.2, -0.15) is 0 Å². The Balaban J connectivity index is 1.97. The molecule has 1 spiro atoms. The van der Waals surface area contributed by atoms with Crippen LogP contribution in [0.3, 0.4) is 0 Å². The van der Waals surface area contributed by atoms with Crippen LogP contribution in [0.5, 0.6) is 0 Å². The van der Waals surface area contributed by atoms with Crippen molar-refractivity contribution in [3.63, 3.8) is 0 Å². The summed E-state index contributed by atoms with van der Waals surface area (Å²) >= 11 is 0. The molecule has 3 rings (SSSR count). The van der Waals surface area contributed by atoms with Crippen LogP contribution in [0.25, 0.3) is 0 Å². The topological polar surface area (TPSA) is 65.7 Å². The van der Waals surface area contributed by atoms with E-state index in [2.05, 4.69) is 20.8 Å². The van der Waals surface area contributed by atoms with E-state index in [0.29, 0.717) is 19.3 Å². The van der Waals surface area contributed by atoms with Crippen molar-refractivity contribution in [2.24, 2.45) is 17.3 Å². The molecular formula is C21H28O5. The minimum Gasteiger partial charge on any atom is -0.472 e. The standard InChI is InChI=1S/C21H28O5/c1-13(2)16-6-5-14(3)21(17(16)7-8-19(22)24-4)11-18(26-20(21)23)15-9-10-25-12-15/h9-10,12,14,17-18H,5-8,11H2,1-4H3. The fraction of sp³-hybridized carbons (Fsp3) is 0.619. The third kappa shape index (κ3) is 3.08. The van der Waals surface area contributed by atoms with Gasteiger partial charge >= 0.3 is 11.9 Å². The fourth-order valence-electron chi connectivity index (χ4n) is 4.85. The quantitative estimate of drug-likeness (QED) is 0.580. The van der Waals surface area contributed by atoms with Gasteiger partial charge in [-0.15, -0.1) is 0 Å². The predicted molar refractivity (Wildman–Crippen MR) is 96.1 cm³/mol. The first-order valence-electron chi connectivity index (χ1n) is 9.36. The summed E-state index contributed by atoms with van der Waals surface area (Å²) < 4.78 is 15.8. The number of ether oxygens (including phenoxy) is 2. The molecule has 4 atom stereocenters. The van der Waals surface area contributed by atoms with E-state index < -0.39 is 5.41 Å². The Morgan fingerprint density at radius 2 is 2.15 bits per heavy atom. The van der Waals surface area contributed by atoms with Crippen LogP contribution in [-0.2, 0) is 19.1 Å². The highest BCUT2D eigenvalue weighted by molar-refractivity contribution is 5.81. The van der Waals surface area contributed by atoms with Gasteiger partial charge in [-0.05, 0) is 51.0 Å². The van der Waals surface area contributed by atoms with Crippen molar-refractivity contribution in [1.82, 2.24) is 0 Å². The average Bonchev–Trinajstić information content (AvgIpc) is 3.24. The number of esters is 2. The molecule has 142 valence electrons. The lowest BCUT2D eigenvalue weighted by Gasteiger charge is -2.45. The number of carbonyl (C=O) groups is 2. The molecule has 0 amide bonds. The van der Waals surface area contributed by atoms with Gasteiger partial charge < -0.3 is 13.9 Å². The van der Waals surface area contributed by atoms with Crippen molar-refractivity contribution in [3.05, 3.63) is 35.3 Å². The maximum Gasteiger partial charge on any atom is 0.313 e. The number of allylic oxidation sites excluding steroid dienone is 2. The SMILES string of the molecule is COC(=O)CCC1C(=C(C)C)CCC(C)C12CC(c1ccoc1)OC2=O. The Morgan fingerprint density at radius 3 is 2.77 bits per heavy atom. The van der Waals surface area contributed by atoms with Crippen molar-refractivity contribution in [3.8, 4) is 0 Å². The summed E-state index contributed by atoms with van der Waals surface area (Å²) in [5.41, 5.74) is 2.86. The molecule has 2 heterocycles. The zero-order valence-corrected chi connectivity index (χ0v) is 16.0. The molecule has 5 heteroatoms. The second kappa shape index (κ2) is 7.29. The summed E-state index contributed by atoms with van der Waals surface area (Å²) in [4.78, 5) is 24.9. The van der Waals surface area contributed by atoms with E-state index in [0.717, 1.165) is 18.4 Å². The van der Waals surface area contributed by atoms with E-state index in [4.69, 9.17) is 13.9 Å². The van der Waals surface area contributed by atoms with Crippen LogP contribution in [-0.4, -0.2) is 19.0 Å².